The second-order valence-electron chi connectivity index (χ2n) is 7.10. The van der Waals surface area contributed by atoms with E-state index in [0.717, 1.165) is 38.3 Å². The van der Waals surface area contributed by atoms with Crippen molar-refractivity contribution in [3.05, 3.63) is 60.2 Å². The topological polar surface area (TPSA) is 44.8 Å². The first-order valence-electron chi connectivity index (χ1n) is 9.70. The molecule has 0 spiro atoms. The molecule has 27 heavy (non-hydrogen) atoms. The molecule has 2 aromatic carbocycles. The summed E-state index contributed by atoms with van der Waals surface area (Å²) in [6.45, 7) is 7.92. The molecule has 1 fully saturated rings. The predicted molar refractivity (Wildman–Crippen MR) is 110 cm³/mol. The molecule has 5 heteroatoms. The lowest BCUT2D eigenvalue weighted by molar-refractivity contribution is 0.194. The van der Waals surface area contributed by atoms with Crippen LogP contribution in [0.3, 0.4) is 0 Å². The van der Waals surface area contributed by atoms with Crippen LogP contribution in [0.15, 0.2) is 54.6 Å². The first-order chi connectivity index (χ1) is 13.1. The third kappa shape index (κ3) is 5.64. The fraction of sp³-hybridized carbons (Fsp3) is 0.409. The number of para-hydroxylation sites is 1. The molecule has 5 nitrogen and oxygen atoms in total. The molecule has 0 unspecified atom stereocenters. The summed E-state index contributed by atoms with van der Waals surface area (Å²) in [6, 6.07) is 18.5. The highest BCUT2D eigenvalue weighted by Gasteiger charge is 2.20. The number of piperazine rings is 1. The zero-order valence-corrected chi connectivity index (χ0v) is 16.2. The number of nitrogens with one attached hydrogen (secondary N) is 1. The molecule has 0 radical (unpaired) electrons. The maximum absolute atomic E-state index is 12.4. The highest BCUT2D eigenvalue weighted by molar-refractivity contribution is 5.74. The summed E-state index contributed by atoms with van der Waals surface area (Å²) < 4.78 is 5.65. The highest BCUT2D eigenvalue weighted by Crippen LogP contribution is 2.16. The number of ether oxygens (including phenoxy) is 1. The maximum atomic E-state index is 12.4. The highest BCUT2D eigenvalue weighted by atomic mass is 16.5. The molecule has 2 aromatic rings. The summed E-state index contributed by atoms with van der Waals surface area (Å²) >= 11 is 0. The van der Waals surface area contributed by atoms with Gasteiger partial charge < -0.3 is 19.9 Å². The SMILES string of the molecule is CC(C)Oc1ccc(CCNC(=O)N2CCN(c3ccccc3)CC2)cc1. The second-order valence-corrected chi connectivity index (χ2v) is 7.10. The summed E-state index contributed by atoms with van der Waals surface area (Å²) in [5.41, 5.74) is 2.42. The van der Waals surface area contributed by atoms with Crippen LogP contribution in [0.4, 0.5) is 10.5 Å². The third-order valence-corrected chi connectivity index (χ3v) is 4.67. The quantitative estimate of drug-likeness (QED) is 0.849. The number of carbonyl (C=O) groups excluding carboxylic acids is 1. The van der Waals surface area contributed by atoms with Crippen molar-refractivity contribution in [2.24, 2.45) is 0 Å². The minimum Gasteiger partial charge on any atom is -0.491 e. The first kappa shape index (κ1) is 19.1. The number of amides is 2. The van der Waals surface area contributed by atoms with Crippen molar-refractivity contribution >= 4 is 11.7 Å². The van der Waals surface area contributed by atoms with Gasteiger partial charge in [-0.1, -0.05) is 30.3 Å². The average molecular weight is 367 g/mol. The van der Waals surface area contributed by atoms with Crippen LogP contribution in [-0.2, 0) is 6.42 Å². The van der Waals surface area contributed by atoms with Crippen LogP contribution in [0.2, 0.25) is 0 Å². The Bertz CT molecular complexity index is 708. The standard InChI is InChI=1S/C22H29N3O2/c1-18(2)27-21-10-8-19(9-11-21)12-13-23-22(26)25-16-14-24(15-17-25)20-6-4-3-5-7-20/h3-11,18H,12-17H2,1-2H3,(H,23,26). The third-order valence-electron chi connectivity index (χ3n) is 4.67. The van der Waals surface area contributed by atoms with Crippen LogP contribution in [0.5, 0.6) is 5.75 Å². The van der Waals surface area contributed by atoms with Crippen LogP contribution < -0.4 is 15.0 Å². The summed E-state index contributed by atoms with van der Waals surface area (Å²) in [7, 11) is 0. The van der Waals surface area contributed by atoms with Crippen molar-refractivity contribution in [2.45, 2.75) is 26.4 Å². The number of hydrogen-bond donors (Lipinski definition) is 1. The number of nitrogens with zero attached hydrogens (tertiary/aromatic N) is 2. The molecule has 0 saturated carbocycles. The van der Waals surface area contributed by atoms with Gasteiger partial charge in [0.05, 0.1) is 6.10 Å². The van der Waals surface area contributed by atoms with Crippen molar-refractivity contribution in [1.82, 2.24) is 10.2 Å². The average Bonchev–Trinajstić information content (AvgIpc) is 2.69. The Morgan fingerprint density at radius 1 is 1.00 bits per heavy atom. The number of hydrogen-bond acceptors (Lipinski definition) is 3. The molecule has 2 amide bonds. The van der Waals surface area contributed by atoms with Gasteiger partial charge in [0.1, 0.15) is 5.75 Å². The Balaban J connectivity index is 1.39. The lowest BCUT2D eigenvalue weighted by Gasteiger charge is -2.36. The smallest absolute Gasteiger partial charge is 0.317 e. The molecule has 0 atom stereocenters. The normalized spacial score (nSPS) is 14.3. The molecule has 1 aliphatic rings. The van der Waals surface area contributed by atoms with E-state index in [2.05, 4.69) is 46.6 Å². The monoisotopic (exact) mass is 367 g/mol. The number of benzene rings is 2. The van der Waals surface area contributed by atoms with E-state index >= 15 is 0 Å². The molecule has 3 rings (SSSR count). The summed E-state index contributed by atoms with van der Waals surface area (Å²) in [5, 5.41) is 3.04. The van der Waals surface area contributed by atoms with Gasteiger partial charge in [-0.3, -0.25) is 0 Å². The van der Waals surface area contributed by atoms with Crippen LogP contribution in [0.25, 0.3) is 0 Å². The number of urea groups is 1. The Labute approximate surface area is 161 Å². The van der Waals surface area contributed by atoms with E-state index in [4.69, 9.17) is 4.74 Å². The molecule has 1 N–H and O–H groups in total. The molecule has 144 valence electrons. The van der Waals surface area contributed by atoms with Gasteiger partial charge in [-0.25, -0.2) is 4.79 Å². The van der Waals surface area contributed by atoms with E-state index in [1.165, 1.54) is 11.3 Å². The molecule has 1 heterocycles. The van der Waals surface area contributed by atoms with Crippen LogP contribution >= 0.6 is 0 Å². The van der Waals surface area contributed by atoms with Crippen molar-refractivity contribution in [3.63, 3.8) is 0 Å². The Kier molecular flexibility index (Phi) is 6.58. The Hall–Kier alpha value is -2.69. The largest absolute Gasteiger partial charge is 0.491 e. The van der Waals surface area contributed by atoms with Gasteiger partial charge in [0, 0.05) is 38.4 Å². The van der Waals surface area contributed by atoms with Gasteiger partial charge in [0.25, 0.3) is 0 Å². The van der Waals surface area contributed by atoms with E-state index in [0.29, 0.717) is 6.54 Å². The molecule has 0 aliphatic carbocycles. The van der Waals surface area contributed by atoms with Gasteiger partial charge in [-0.05, 0) is 50.1 Å². The molecular formula is C22H29N3O2. The van der Waals surface area contributed by atoms with E-state index < -0.39 is 0 Å². The molecule has 1 saturated heterocycles. The van der Waals surface area contributed by atoms with Crippen LogP contribution in [0.1, 0.15) is 19.4 Å². The molecule has 0 bridgehead atoms. The number of anilines is 1. The molecule has 0 aromatic heterocycles. The lowest BCUT2D eigenvalue weighted by atomic mass is 10.1. The van der Waals surface area contributed by atoms with Crippen LogP contribution in [0, 0.1) is 0 Å². The van der Waals surface area contributed by atoms with Crippen LogP contribution in [-0.4, -0.2) is 49.8 Å². The number of carbonyl (C=O) groups is 1. The van der Waals surface area contributed by atoms with E-state index in [-0.39, 0.29) is 12.1 Å². The van der Waals surface area contributed by atoms with E-state index in [1.54, 1.807) is 0 Å². The summed E-state index contributed by atoms with van der Waals surface area (Å²) in [4.78, 5) is 16.6. The predicted octanol–water partition coefficient (Wildman–Crippen LogP) is 3.55. The lowest BCUT2D eigenvalue weighted by Crippen LogP contribution is -2.52. The molecule has 1 aliphatic heterocycles. The Morgan fingerprint density at radius 2 is 1.67 bits per heavy atom. The van der Waals surface area contributed by atoms with Crippen molar-refractivity contribution in [2.75, 3.05) is 37.6 Å². The summed E-state index contributed by atoms with van der Waals surface area (Å²) in [5.74, 6) is 0.883. The van der Waals surface area contributed by atoms with Gasteiger partial charge in [-0.2, -0.15) is 0 Å². The van der Waals surface area contributed by atoms with Crippen molar-refractivity contribution < 1.29 is 9.53 Å². The van der Waals surface area contributed by atoms with Crippen molar-refractivity contribution in [1.29, 1.82) is 0 Å². The fourth-order valence-corrected chi connectivity index (χ4v) is 3.24. The maximum Gasteiger partial charge on any atom is 0.317 e. The Morgan fingerprint density at radius 3 is 2.30 bits per heavy atom. The summed E-state index contributed by atoms with van der Waals surface area (Å²) in [6.07, 6.45) is 0.995. The second kappa shape index (κ2) is 9.31. The number of rotatable bonds is 6. The van der Waals surface area contributed by atoms with Gasteiger partial charge in [-0.15, -0.1) is 0 Å². The van der Waals surface area contributed by atoms with E-state index in [9.17, 15) is 4.79 Å². The molecular weight excluding hydrogens is 338 g/mol. The minimum atomic E-state index is 0.0301. The van der Waals surface area contributed by atoms with Gasteiger partial charge >= 0.3 is 6.03 Å². The van der Waals surface area contributed by atoms with Gasteiger partial charge in [0.2, 0.25) is 0 Å². The zero-order chi connectivity index (χ0) is 19.1. The van der Waals surface area contributed by atoms with E-state index in [1.807, 2.05) is 36.9 Å². The minimum absolute atomic E-state index is 0.0301. The fourth-order valence-electron chi connectivity index (χ4n) is 3.24. The van der Waals surface area contributed by atoms with Crippen molar-refractivity contribution in [3.8, 4) is 5.75 Å². The van der Waals surface area contributed by atoms with Gasteiger partial charge in [0.15, 0.2) is 0 Å². The zero-order valence-electron chi connectivity index (χ0n) is 16.2. The first-order valence-corrected chi connectivity index (χ1v) is 9.70.